The molecule has 1 aromatic carbocycles. The lowest BCUT2D eigenvalue weighted by Crippen LogP contribution is -1.84. The molecular formula is C11H10BrNOS. The van der Waals surface area contributed by atoms with Crippen LogP contribution in [0.15, 0.2) is 34.9 Å². The third-order valence-electron chi connectivity index (χ3n) is 2.00. The molecule has 15 heavy (non-hydrogen) atoms. The van der Waals surface area contributed by atoms with Crippen LogP contribution in [0.3, 0.4) is 0 Å². The van der Waals surface area contributed by atoms with Crippen molar-refractivity contribution in [2.24, 2.45) is 0 Å². The predicted molar refractivity (Wildman–Crippen MR) is 66.0 cm³/mol. The smallest absolute Gasteiger partial charge is 0.123 e. The van der Waals surface area contributed by atoms with Crippen molar-refractivity contribution < 1.29 is 5.11 Å². The number of nitrogens with zero attached hydrogens (tertiary/aromatic N) is 1. The predicted octanol–water partition coefficient (Wildman–Crippen LogP) is 3.11. The van der Waals surface area contributed by atoms with Gasteiger partial charge in [0.15, 0.2) is 0 Å². The van der Waals surface area contributed by atoms with Gasteiger partial charge in [-0.3, -0.25) is 0 Å². The van der Waals surface area contributed by atoms with E-state index in [0.717, 1.165) is 19.9 Å². The van der Waals surface area contributed by atoms with E-state index in [4.69, 9.17) is 5.11 Å². The highest BCUT2D eigenvalue weighted by Gasteiger charge is 2.03. The SMILES string of the molecule is OCCc1cnc(-c2ccc(Br)cc2)s1. The molecule has 78 valence electrons. The highest BCUT2D eigenvalue weighted by molar-refractivity contribution is 9.10. The van der Waals surface area contributed by atoms with E-state index in [0.29, 0.717) is 6.42 Å². The zero-order valence-electron chi connectivity index (χ0n) is 7.98. The largest absolute Gasteiger partial charge is 0.396 e. The second-order valence-corrected chi connectivity index (χ2v) is 5.14. The van der Waals surface area contributed by atoms with Crippen molar-refractivity contribution in [3.05, 3.63) is 39.8 Å². The normalized spacial score (nSPS) is 10.5. The summed E-state index contributed by atoms with van der Waals surface area (Å²) in [5, 5.41) is 9.81. The molecule has 2 rings (SSSR count). The first-order valence-corrected chi connectivity index (χ1v) is 6.22. The Labute approximate surface area is 101 Å². The summed E-state index contributed by atoms with van der Waals surface area (Å²) in [5.41, 5.74) is 1.12. The molecule has 0 radical (unpaired) electrons. The summed E-state index contributed by atoms with van der Waals surface area (Å²) in [5.74, 6) is 0. The Kier molecular flexibility index (Phi) is 3.51. The lowest BCUT2D eigenvalue weighted by atomic mass is 10.2. The van der Waals surface area contributed by atoms with Crippen molar-refractivity contribution in [2.45, 2.75) is 6.42 Å². The maximum atomic E-state index is 8.81. The van der Waals surface area contributed by atoms with Crippen LogP contribution in [0.2, 0.25) is 0 Å². The van der Waals surface area contributed by atoms with Crippen molar-refractivity contribution in [1.82, 2.24) is 4.98 Å². The van der Waals surface area contributed by atoms with Gasteiger partial charge in [0.2, 0.25) is 0 Å². The van der Waals surface area contributed by atoms with Gasteiger partial charge in [0.25, 0.3) is 0 Å². The first-order chi connectivity index (χ1) is 7.29. The third-order valence-corrected chi connectivity index (χ3v) is 3.64. The molecule has 0 fully saturated rings. The molecular weight excluding hydrogens is 274 g/mol. The van der Waals surface area contributed by atoms with Gasteiger partial charge in [-0.1, -0.05) is 28.1 Å². The zero-order chi connectivity index (χ0) is 10.7. The topological polar surface area (TPSA) is 33.1 Å². The van der Waals surface area contributed by atoms with E-state index in [2.05, 4.69) is 20.9 Å². The van der Waals surface area contributed by atoms with Gasteiger partial charge in [-0.05, 0) is 12.1 Å². The van der Waals surface area contributed by atoms with Crippen LogP contribution in [0.5, 0.6) is 0 Å². The maximum absolute atomic E-state index is 8.81. The van der Waals surface area contributed by atoms with Gasteiger partial charge in [-0.15, -0.1) is 11.3 Å². The summed E-state index contributed by atoms with van der Waals surface area (Å²) in [6.07, 6.45) is 2.52. The van der Waals surface area contributed by atoms with Gasteiger partial charge < -0.3 is 5.11 Å². The average Bonchev–Trinajstić information content (AvgIpc) is 2.68. The van der Waals surface area contributed by atoms with E-state index in [9.17, 15) is 0 Å². The monoisotopic (exact) mass is 283 g/mol. The lowest BCUT2D eigenvalue weighted by molar-refractivity contribution is 0.300. The number of thiazole rings is 1. The molecule has 0 amide bonds. The van der Waals surface area contributed by atoms with E-state index in [1.165, 1.54) is 0 Å². The zero-order valence-corrected chi connectivity index (χ0v) is 10.4. The highest BCUT2D eigenvalue weighted by Crippen LogP contribution is 2.26. The fraction of sp³-hybridized carbons (Fsp3) is 0.182. The first-order valence-electron chi connectivity index (χ1n) is 4.61. The third kappa shape index (κ3) is 2.65. The standard InChI is InChI=1S/C11H10BrNOS/c12-9-3-1-8(2-4-9)11-13-7-10(15-11)5-6-14/h1-4,7,14H,5-6H2. The van der Waals surface area contributed by atoms with Crippen molar-refractivity contribution in [3.63, 3.8) is 0 Å². The van der Waals surface area contributed by atoms with Crippen LogP contribution in [-0.2, 0) is 6.42 Å². The summed E-state index contributed by atoms with van der Waals surface area (Å²) < 4.78 is 1.07. The van der Waals surface area contributed by atoms with Gasteiger partial charge >= 0.3 is 0 Å². The Bertz CT molecular complexity index is 438. The van der Waals surface area contributed by atoms with Crippen LogP contribution < -0.4 is 0 Å². The van der Waals surface area contributed by atoms with Crippen molar-refractivity contribution in [1.29, 1.82) is 0 Å². The van der Waals surface area contributed by atoms with Gasteiger partial charge in [-0.25, -0.2) is 4.98 Å². The van der Waals surface area contributed by atoms with Gasteiger partial charge in [0, 0.05) is 34.1 Å². The second-order valence-electron chi connectivity index (χ2n) is 3.11. The molecule has 2 nitrogen and oxygen atoms in total. The Hall–Kier alpha value is -0.710. The van der Waals surface area contributed by atoms with Crippen LogP contribution in [0.4, 0.5) is 0 Å². The molecule has 1 heterocycles. The molecule has 2 aromatic rings. The van der Waals surface area contributed by atoms with E-state index in [-0.39, 0.29) is 6.61 Å². The number of rotatable bonds is 3. The Morgan fingerprint density at radius 2 is 2.00 bits per heavy atom. The average molecular weight is 284 g/mol. The number of halogens is 1. The number of aliphatic hydroxyl groups is 1. The number of hydrogen-bond acceptors (Lipinski definition) is 3. The van der Waals surface area contributed by atoms with Crippen LogP contribution in [0.25, 0.3) is 10.6 Å². The van der Waals surface area contributed by atoms with Gasteiger partial charge in [0.1, 0.15) is 5.01 Å². The van der Waals surface area contributed by atoms with Crippen molar-refractivity contribution >= 4 is 27.3 Å². The second kappa shape index (κ2) is 4.88. The molecule has 0 bridgehead atoms. The molecule has 0 aliphatic rings. The van der Waals surface area contributed by atoms with Crippen molar-refractivity contribution in [3.8, 4) is 10.6 Å². The van der Waals surface area contributed by atoms with Crippen molar-refractivity contribution in [2.75, 3.05) is 6.61 Å². The number of hydrogen-bond donors (Lipinski definition) is 1. The minimum Gasteiger partial charge on any atom is -0.396 e. The molecule has 0 atom stereocenters. The molecule has 1 aromatic heterocycles. The van der Waals surface area contributed by atoms with E-state index < -0.39 is 0 Å². The summed E-state index contributed by atoms with van der Waals surface area (Å²) >= 11 is 5.03. The molecule has 0 saturated carbocycles. The summed E-state index contributed by atoms with van der Waals surface area (Å²) in [6, 6.07) is 8.07. The summed E-state index contributed by atoms with van der Waals surface area (Å²) in [6.45, 7) is 0.183. The van der Waals surface area contributed by atoms with Gasteiger partial charge in [-0.2, -0.15) is 0 Å². The minimum atomic E-state index is 0.183. The fourth-order valence-electron chi connectivity index (χ4n) is 1.26. The van der Waals surface area contributed by atoms with E-state index in [1.807, 2.05) is 30.5 Å². The first kappa shape index (κ1) is 10.8. The van der Waals surface area contributed by atoms with E-state index in [1.54, 1.807) is 11.3 Å². The van der Waals surface area contributed by atoms with E-state index >= 15 is 0 Å². The summed E-state index contributed by atoms with van der Waals surface area (Å²) in [7, 11) is 0. The quantitative estimate of drug-likeness (QED) is 0.939. The summed E-state index contributed by atoms with van der Waals surface area (Å²) in [4.78, 5) is 5.45. The Morgan fingerprint density at radius 1 is 1.27 bits per heavy atom. The van der Waals surface area contributed by atoms with Crippen LogP contribution >= 0.6 is 27.3 Å². The van der Waals surface area contributed by atoms with Gasteiger partial charge in [0.05, 0.1) is 0 Å². The Balaban J connectivity index is 2.25. The minimum absolute atomic E-state index is 0.183. The molecule has 0 aliphatic carbocycles. The number of aromatic nitrogens is 1. The molecule has 4 heteroatoms. The lowest BCUT2D eigenvalue weighted by Gasteiger charge is -1.95. The number of aliphatic hydroxyl groups excluding tert-OH is 1. The maximum Gasteiger partial charge on any atom is 0.123 e. The molecule has 0 spiro atoms. The molecule has 0 aliphatic heterocycles. The van der Waals surface area contributed by atoms with Crippen LogP contribution in [-0.4, -0.2) is 16.7 Å². The van der Waals surface area contributed by atoms with Crippen LogP contribution in [0, 0.1) is 0 Å². The molecule has 0 unspecified atom stereocenters. The van der Waals surface area contributed by atoms with Crippen LogP contribution in [0.1, 0.15) is 4.88 Å². The fourth-order valence-corrected chi connectivity index (χ4v) is 2.43. The molecule has 0 saturated heterocycles. The Morgan fingerprint density at radius 3 is 2.67 bits per heavy atom. The highest BCUT2D eigenvalue weighted by atomic mass is 79.9. The number of benzene rings is 1. The molecule has 1 N–H and O–H groups in total.